The van der Waals surface area contributed by atoms with Gasteiger partial charge in [-0.2, -0.15) is 0 Å². The van der Waals surface area contributed by atoms with Crippen LogP contribution in [0.15, 0.2) is 0 Å². The van der Waals surface area contributed by atoms with Crippen LogP contribution in [0.1, 0.15) is 13.3 Å². The number of rotatable bonds is 1. The van der Waals surface area contributed by atoms with E-state index >= 15 is 0 Å². The van der Waals surface area contributed by atoms with Crippen LogP contribution in [0.5, 0.6) is 0 Å². The van der Waals surface area contributed by atoms with Gasteiger partial charge in [0, 0.05) is 6.54 Å². The summed E-state index contributed by atoms with van der Waals surface area (Å²) in [5.41, 5.74) is 0. The van der Waals surface area contributed by atoms with Crippen molar-refractivity contribution in [1.82, 2.24) is 4.90 Å². The Kier molecular flexibility index (Phi) is 1.10. The molecule has 1 fully saturated rings. The Labute approximate surface area is 39.0 Å². The molecule has 35 valence electrons. The highest BCUT2D eigenvalue weighted by atomic mass is 15.2. The predicted molar refractivity (Wildman–Crippen MR) is 26.2 cm³/mol. The van der Waals surface area contributed by atoms with Crippen LogP contribution in [-0.4, -0.2) is 18.0 Å². The maximum absolute atomic E-state index is 2.31. The zero-order chi connectivity index (χ0) is 4.41. The van der Waals surface area contributed by atoms with E-state index in [0.29, 0.717) is 0 Å². The van der Waals surface area contributed by atoms with Crippen LogP contribution in [0.2, 0.25) is 0 Å². The smallest absolute Gasteiger partial charge is 0.0220 e. The van der Waals surface area contributed by atoms with Gasteiger partial charge in [-0.15, -0.1) is 0 Å². The molecule has 1 rings (SSSR count). The highest BCUT2D eigenvalue weighted by molar-refractivity contribution is 4.72. The van der Waals surface area contributed by atoms with E-state index < -0.39 is 0 Å². The van der Waals surface area contributed by atoms with Gasteiger partial charge >= 0.3 is 0 Å². The van der Waals surface area contributed by atoms with Gasteiger partial charge in [-0.3, -0.25) is 4.90 Å². The maximum atomic E-state index is 2.31. The molecule has 0 saturated carbocycles. The Hall–Kier alpha value is -0.0400. The van der Waals surface area contributed by atoms with Crippen LogP contribution >= 0.6 is 0 Å². The van der Waals surface area contributed by atoms with E-state index in [9.17, 15) is 0 Å². The summed E-state index contributed by atoms with van der Waals surface area (Å²) in [5, 5.41) is 0. The summed E-state index contributed by atoms with van der Waals surface area (Å²) in [4.78, 5) is 2.31. The van der Waals surface area contributed by atoms with Crippen LogP contribution in [0.4, 0.5) is 0 Å². The van der Waals surface area contributed by atoms with Gasteiger partial charge in [-0.25, -0.2) is 0 Å². The molecule has 0 aliphatic carbocycles. The summed E-state index contributed by atoms with van der Waals surface area (Å²) in [6.45, 7) is 6.80. The Balaban J connectivity index is 2.01. The highest BCUT2D eigenvalue weighted by Crippen LogP contribution is 2.05. The lowest BCUT2D eigenvalue weighted by Gasteiger charge is -2.28. The van der Waals surface area contributed by atoms with Crippen molar-refractivity contribution < 1.29 is 0 Å². The molecule has 0 aromatic rings. The normalized spacial score (nSPS) is 23.5. The minimum Gasteiger partial charge on any atom is -0.299 e. The zero-order valence-electron chi connectivity index (χ0n) is 4.15. The summed E-state index contributed by atoms with van der Waals surface area (Å²) in [6, 6.07) is 0. The molecular formula is C5H10N. The Morgan fingerprint density at radius 2 is 2.17 bits per heavy atom. The standard InChI is InChI=1S/C5H10N/c1-2-6-4-3-5-6/h2H,3-5H2,1H3. The van der Waals surface area contributed by atoms with E-state index in [1.165, 1.54) is 19.5 Å². The second-order valence-corrected chi connectivity index (χ2v) is 1.65. The van der Waals surface area contributed by atoms with E-state index in [4.69, 9.17) is 0 Å². The molecule has 0 amide bonds. The predicted octanol–water partition coefficient (Wildman–Crippen LogP) is 0.874. The fourth-order valence-electron chi connectivity index (χ4n) is 0.599. The van der Waals surface area contributed by atoms with E-state index in [-0.39, 0.29) is 0 Å². The molecule has 1 aliphatic rings. The van der Waals surface area contributed by atoms with E-state index in [1.807, 2.05) is 0 Å². The second kappa shape index (κ2) is 1.61. The quantitative estimate of drug-likeness (QED) is 0.455. The van der Waals surface area contributed by atoms with Crippen LogP contribution in [0.25, 0.3) is 0 Å². The molecule has 1 nitrogen and oxygen atoms in total. The van der Waals surface area contributed by atoms with Crippen molar-refractivity contribution in [1.29, 1.82) is 0 Å². The van der Waals surface area contributed by atoms with Crippen LogP contribution in [-0.2, 0) is 0 Å². The monoisotopic (exact) mass is 84.1 g/mol. The Bertz CT molecular complexity index is 36.4. The highest BCUT2D eigenvalue weighted by Gasteiger charge is 2.09. The van der Waals surface area contributed by atoms with E-state index in [0.717, 1.165) is 0 Å². The van der Waals surface area contributed by atoms with Crippen molar-refractivity contribution in [2.75, 3.05) is 13.1 Å². The first-order valence-electron chi connectivity index (χ1n) is 2.47. The van der Waals surface area contributed by atoms with Crippen LogP contribution < -0.4 is 0 Å². The van der Waals surface area contributed by atoms with Gasteiger partial charge in [0.2, 0.25) is 0 Å². The average molecular weight is 84.1 g/mol. The third kappa shape index (κ3) is 0.548. The first kappa shape index (κ1) is 4.13. The van der Waals surface area contributed by atoms with E-state index in [2.05, 4.69) is 18.4 Å². The van der Waals surface area contributed by atoms with Crippen molar-refractivity contribution in [2.45, 2.75) is 13.3 Å². The lowest BCUT2D eigenvalue weighted by molar-refractivity contribution is 0.233. The molecule has 1 aliphatic heterocycles. The van der Waals surface area contributed by atoms with Crippen LogP contribution in [0.3, 0.4) is 0 Å². The molecule has 6 heavy (non-hydrogen) atoms. The van der Waals surface area contributed by atoms with Gasteiger partial charge in [0.05, 0.1) is 0 Å². The van der Waals surface area contributed by atoms with Gasteiger partial charge in [0.1, 0.15) is 0 Å². The van der Waals surface area contributed by atoms with Gasteiger partial charge < -0.3 is 0 Å². The van der Waals surface area contributed by atoms with Crippen molar-refractivity contribution in [2.24, 2.45) is 0 Å². The molecule has 1 heterocycles. The summed E-state index contributed by atoms with van der Waals surface area (Å²) in [5.74, 6) is 0. The van der Waals surface area contributed by atoms with E-state index in [1.54, 1.807) is 0 Å². The molecule has 0 aromatic carbocycles. The summed E-state index contributed by atoms with van der Waals surface area (Å²) < 4.78 is 0. The number of likely N-dealkylation sites (tertiary alicyclic amines) is 1. The third-order valence-electron chi connectivity index (χ3n) is 1.26. The average Bonchev–Trinajstić information content (AvgIpc) is 1.31. The number of nitrogens with zero attached hydrogens (tertiary/aromatic N) is 1. The number of hydrogen-bond acceptors (Lipinski definition) is 1. The first-order valence-corrected chi connectivity index (χ1v) is 2.47. The van der Waals surface area contributed by atoms with Gasteiger partial charge in [0.15, 0.2) is 0 Å². The molecular weight excluding hydrogens is 74.1 g/mol. The lowest BCUT2D eigenvalue weighted by Crippen LogP contribution is -2.33. The second-order valence-electron chi connectivity index (χ2n) is 1.65. The molecule has 1 radical (unpaired) electrons. The maximum Gasteiger partial charge on any atom is 0.0220 e. The van der Waals surface area contributed by atoms with Crippen molar-refractivity contribution in [3.8, 4) is 0 Å². The molecule has 0 spiro atoms. The third-order valence-corrected chi connectivity index (χ3v) is 1.26. The molecule has 1 saturated heterocycles. The summed E-state index contributed by atoms with van der Waals surface area (Å²) in [6.07, 6.45) is 1.39. The number of hydrogen-bond donors (Lipinski definition) is 0. The Morgan fingerprint density at radius 3 is 2.17 bits per heavy atom. The zero-order valence-corrected chi connectivity index (χ0v) is 4.15. The van der Waals surface area contributed by atoms with Crippen molar-refractivity contribution in [3.05, 3.63) is 6.54 Å². The minimum absolute atomic E-state index is 1.29. The Morgan fingerprint density at radius 1 is 1.50 bits per heavy atom. The fraction of sp³-hybridized carbons (Fsp3) is 0.800. The molecule has 0 aromatic heterocycles. The van der Waals surface area contributed by atoms with Crippen molar-refractivity contribution >= 4 is 0 Å². The molecule has 0 atom stereocenters. The van der Waals surface area contributed by atoms with Gasteiger partial charge in [0.25, 0.3) is 0 Å². The van der Waals surface area contributed by atoms with Gasteiger partial charge in [-0.1, -0.05) is 0 Å². The topological polar surface area (TPSA) is 3.24 Å². The summed E-state index contributed by atoms with van der Waals surface area (Å²) >= 11 is 0. The minimum atomic E-state index is 1.29. The first-order chi connectivity index (χ1) is 2.93. The SMILES string of the molecule is C[CH]N1CCC1. The fourth-order valence-corrected chi connectivity index (χ4v) is 0.599. The largest absolute Gasteiger partial charge is 0.299 e. The summed E-state index contributed by atoms with van der Waals surface area (Å²) in [7, 11) is 0. The molecule has 0 N–H and O–H groups in total. The van der Waals surface area contributed by atoms with Crippen molar-refractivity contribution in [3.63, 3.8) is 0 Å². The molecule has 0 unspecified atom stereocenters. The molecule has 0 bridgehead atoms. The van der Waals surface area contributed by atoms with Crippen LogP contribution in [0, 0.1) is 6.54 Å². The molecule has 1 heteroatoms. The van der Waals surface area contributed by atoms with Gasteiger partial charge in [-0.05, 0) is 26.4 Å². The lowest BCUT2D eigenvalue weighted by atomic mass is 10.2.